The summed E-state index contributed by atoms with van der Waals surface area (Å²) in [5.41, 5.74) is 0. The van der Waals surface area contributed by atoms with E-state index in [9.17, 15) is 0 Å². The van der Waals surface area contributed by atoms with Crippen LogP contribution in [0, 0.1) is 0 Å². The van der Waals surface area contributed by atoms with Crippen LogP contribution in [0.25, 0.3) is 0 Å². The number of aliphatic hydroxyl groups is 1. The molecule has 0 amide bonds. The molecule has 72 valence electrons. The zero-order valence-corrected chi connectivity index (χ0v) is 7.77. The number of aromatic hydroxyl groups is 1. The third-order valence-corrected chi connectivity index (χ3v) is 1.82. The molecule has 13 heavy (non-hydrogen) atoms. The van der Waals surface area contributed by atoms with Gasteiger partial charge in [0.05, 0.1) is 6.10 Å². The second-order valence-corrected chi connectivity index (χ2v) is 3.06. The summed E-state index contributed by atoms with van der Waals surface area (Å²) in [6.07, 6.45) is -0.802. The topological polar surface area (TPSA) is 49.7 Å². The van der Waals surface area contributed by atoms with Crippen LogP contribution >= 0.6 is 0 Å². The predicted octanol–water partition coefficient (Wildman–Crippen LogP) is 1.54. The molecule has 0 bridgehead atoms. The van der Waals surface area contributed by atoms with Gasteiger partial charge in [0, 0.05) is 6.07 Å². The highest BCUT2D eigenvalue weighted by molar-refractivity contribution is 5.31. The first-order valence-electron chi connectivity index (χ1n) is 4.23. The van der Waals surface area contributed by atoms with Gasteiger partial charge in [-0.1, -0.05) is 6.07 Å². The Morgan fingerprint density at radius 2 is 2.00 bits per heavy atom. The molecule has 0 saturated heterocycles. The first-order chi connectivity index (χ1) is 6.09. The molecule has 2 N–H and O–H groups in total. The lowest BCUT2D eigenvalue weighted by atomic mass is 10.2. The van der Waals surface area contributed by atoms with Crippen molar-refractivity contribution >= 4 is 0 Å². The van der Waals surface area contributed by atoms with Crippen molar-refractivity contribution in [3.05, 3.63) is 24.3 Å². The third-order valence-electron chi connectivity index (χ3n) is 1.82. The van der Waals surface area contributed by atoms with Crippen LogP contribution in [0.2, 0.25) is 0 Å². The van der Waals surface area contributed by atoms with Gasteiger partial charge in [0.25, 0.3) is 0 Å². The molecular weight excluding hydrogens is 168 g/mol. The van der Waals surface area contributed by atoms with Crippen LogP contribution in [0.5, 0.6) is 11.5 Å². The molecule has 0 heterocycles. The van der Waals surface area contributed by atoms with E-state index in [1.165, 1.54) is 6.07 Å². The van der Waals surface area contributed by atoms with Gasteiger partial charge in [0.15, 0.2) is 0 Å². The lowest BCUT2D eigenvalue weighted by Crippen LogP contribution is -2.25. The maximum Gasteiger partial charge on any atom is 0.123 e. The molecule has 3 heteroatoms. The monoisotopic (exact) mass is 182 g/mol. The summed E-state index contributed by atoms with van der Waals surface area (Å²) < 4.78 is 5.35. The Hall–Kier alpha value is -1.22. The number of ether oxygens (including phenoxy) is 1. The van der Waals surface area contributed by atoms with E-state index in [1.54, 1.807) is 32.0 Å². The van der Waals surface area contributed by atoms with E-state index >= 15 is 0 Å². The molecule has 0 aromatic heterocycles. The second-order valence-electron chi connectivity index (χ2n) is 3.06. The highest BCUT2D eigenvalue weighted by Crippen LogP contribution is 2.19. The third kappa shape index (κ3) is 2.95. The van der Waals surface area contributed by atoms with Crippen LogP contribution in [-0.4, -0.2) is 22.4 Å². The first-order valence-corrected chi connectivity index (χ1v) is 4.23. The lowest BCUT2D eigenvalue weighted by Gasteiger charge is -2.16. The molecular formula is C10H14O3. The number of phenols is 1. The van der Waals surface area contributed by atoms with Crippen molar-refractivity contribution < 1.29 is 14.9 Å². The fourth-order valence-electron chi connectivity index (χ4n) is 0.870. The molecule has 0 radical (unpaired) electrons. The van der Waals surface area contributed by atoms with Gasteiger partial charge in [-0.3, -0.25) is 0 Å². The van der Waals surface area contributed by atoms with Crippen molar-refractivity contribution in [3.8, 4) is 11.5 Å². The summed E-state index contributed by atoms with van der Waals surface area (Å²) in [7, 11) is 0. The molecule has 0 aliphatic rings. The van der Waals surface area contributed by atoms with E-state index in [1.807, 2.05) is 0 Å². The predicted molar refractivity (Wildman–Crippen MR) is 49.9 cm³/mol. The number of rotatable bonds is 3. The number of benzene rings is 1. The largest absolute Gasteiger partial charge is 0.508 e. The van der Waals surface area contributed by atoms with Gasteiger partial charge in [-0.05, 0) is 26.0 Å². The van der Waals surface area contributed by atoms with Crippen molar-refractivity contribution in [2.45, 2.75) is 26.1 Å². The maximum absolute atomic E-state index is 9.16. The van der Waals surface area contributed by atoms with E-state index in [0.717, 1.165) is 0 Å². The number of hydrogen-bond donors (Lipinski definition) is 2. The molecule has 0 aliphatic carbocycles. The second kappa shape index (κ2) is 4.14. The van der Waals surface area contributed by atoms with Gasteiger partial charge in [0.1, 0.15) is 17.6 Å². The van der Waals surface area contributed by atoms with Crippen LogP contribution in [0.15, 0.2) is 24.3 Å². The van der Waals surface area contributed by atoms with E-state index in [4.69, 9.17) is 14.9 Å². The summed E-state index contributed by atoms with van der Waals surface area (Å²) in [5.74, 6) is 0.726. The van der Waals surface area contributed by atoms with Gasteiger partial charge in [-0.15, -0.1) is 0 Å². The van der Waals surface area contributed by atoms with Gasteiger partial charge in [0.2, 0.25) is 0 Å². The average Bonchev–Trinajstić information content (AvgIpc) is 2.04. The van der Waals surface area contributed by atoms with Crippen LogP contribution in [0.4, 0.5) is 0 Å². The summed E-state index contributed by atoms with van der Waals surface area (Å²) in [6, 6.07) is 6.51. The Morgan fingerprint density at radius 1 is 1.31 bits per heavy atom. The Labute approximate surface area is 77.6 Å². The minimum Gasteiger partial charge on any atom is -0.508 e. The van der Waals surface area contributed by atoms with Crippen molar-refractivity contribution in [1.82, 2.24) is 0 Å². The number of aliphatic hydroxyl groups excluding tert-OH is 1. The molecule has 0 fully saturated rings. The minimum absolute atomic E-state index is 0.162. The van der Waals surface area contributed by atoms with E-state index < -0.39 is 6.10 Å². The molecule has 0 aliphatic heterocycles. The molecule has 1 aromatic carbocycles. The van der Waals surface area contributed by atoms with E-state index in [0.29, 0.717) is 5.75 Å². The summed E-state index contributed by atoms with van der Waals surface area (Å²) >= 11 is 0. The van der Waals surface area contributed by atoms with E-state index in [-0.39, 0.29) is 11.9 Å². The standard InChI is InChI=1S/C10H14O3/c1-7(11)8(2)13-10-5-3-4-9(12)6-10/h3-8,11-12H,1-2H3. The van der Waals surface area contributed by atoms with Gasteiger partial charge in [-0.2, -0.15) is 0 Å². The minimum atomic E-state index is -0.526. The maximum atomic E-state index is 9.16. The molecule has 0 saturated carbocycles. The smallest absolute Gasteiger partial charge is 0.123 e. The molecule has 2 unspecified atom stereocenters. The SMILES string of the molecule is CC(O)C(C)Oc1cccc(O)c1. The first kappa shape index (κ1) is 9.86. The fourth-order valence-corrected chi connectivity index (χ4v) is 0.870. The zero-order chi connectivity index (χ0) is 9.84. The Bertz CT molecular complexity index is 271. The Balaban J connectivity index is 2.64. The number of phenolic OH excluding ortho intramolecular Hbond substituents is 1. The average molecular weight is 182 g/mol. The van der Waals surface area contributed by atoms with Crippen molar-refractivity contribution in [2.75, 3.05) is 0 Å². The zero-order valence-electron chi connectivity index (χ0n) is 7.77. The number of hydrogen-bond acceptors (Lipinski definition) is 3. The fraction of sp³-hybridized carbons (Fsp3) is 0.400. The normalized spacial score (nSPS) is 15.0. The molecule has 1 aromatic rings. The van der Waals surface area contributed by atoms with Gasteiger partial charge >= 0.3 is 0 Å². The summed E-state index contributed by atoms with van der Waals surface area (Å²) in [5, 5.41) is 18.3. The molecule has 1 rings (SSSR count). The highest BCUT2D eigenvalue weighted by atomic mass is 16.5. The molecule has 3 nitrogen and oxygen atoms in total. The van der Waals surface area contributed by atoms with Gasteiger partial charge < -0.3 is 14.9 Å². The summed E-state index contributed by atoms with van der Waals surface area (Å²) in [6.45, 7) is 3.43. The quantitative estimate of drug-likeness (QED) is 0.745. The van der Waals surface area contributed by atoms with Crippen molar-refractivity contribution in [1.29, 1.82) is 0 Å². The molecule has 0 spiro atoms. The van der Waals surface area contributed by atoms with E-state index in [2.05, 4.69) is 0 Å². The highest BCUT2D eigenvalue weighted by Gasteiger charge is 2.09. The summed E-state index contributed by atoms with van der Waals surface area (Å²) in [4.78, 5) is 0. The van der Waals surface area contributed by atoms with Crippen LogP contribution < -0.4 is 4.74 Å². The van der Waals surface area contributed by atoms with Crippen LogP contribution in [0.1, 0.15) is 13.8 Å². The van der Waals surface area contributed by atoms with Gasteiger partial charge in [-0.25, -0.2) is 0 Å². The van der Waals surface area contributed by atoms with Crippen molar-refractivity contribution in [2.24, 2.45) is 0 Å². The van der Waals surface area contributed by atoms with Crippen LogP contribution in [-0.2, 0) is 0 Å². The Morgan fingerprint density at radius 3 is 2.54 bits per heavy atom. The molecule has 2 atom stereocenters. The van der Waals surface area contributed by atoms with Crippen LogP contribution in [0.3, 0.4) is 0 Å². The van der Waals surface area contributed by atoms with Crippen molar-refractivity contribution in [3.63, 3.8) is 0 Å². The lowest BCUT2D eigenvalue weighted by molar-refractivity contribution is 0.0603. The Kier molecular flexibility index (Phi) is 3.14.